The van der Waals surface area contributed by atoms with Gasteiger partial charge in [-0.05, 0) is 42.9 Å². The molecule has 1 fully saturated rings. The first kappa shape index (κ1) is 12.6. The average molecular weight is 232 g/mol. The van der Waals surface area contributed by atoms with Crippen molar-refractivity contribution in [2.45, 2.75) is 52.5 Å². The molecule has 2 nitrogen and oxygen atoms in total. The van der Waals surface area contributed by atoms with Crippen LogP contribution in [0.4, 0.5) is 0 Å². The monoisotopic (exact) mass is 232 g/mol. The Labute approximate surface area is 105 Å². The SMILES string of the molecule is CCNC(c1cncc(C)c1)C1(C)CCCC1. The molecule has 0 aromatic carbocycles. The topological polar surface area (TPSA) is 24.9 Å². The molecule has 0 spiro atoms. The van der Waals surface area contributed by atoms with Gasteiger partial charge in [-0.2, -0.15) is 0 Å². The first-order valence-corrected chi connectivity index (χ1v) is 6.80. The zero-order valence-electron chi connectivity index (χ0n) is 11.3. The van der Waals surface area contributed by atoms with E-state index in [1.54, 1.807) is 0 Å². The van der Waals surface area contributed by atoms with E-state index in [2.05, 4.69) is 37.1 Å². The van der Waals surface area contributed by atoms with E-state index in [9.17, 15) is 0 Å². The second kappa shape index (κ2) is 5.18. The summed E-state index contributed by atoms with van der Waals surface area (Å²) < 4.78 is 0. The third kappa shape index (κ3) is 2.68. The van der Waals surface area contributed by atoms with Crippen LogP contribution in [0.2, 0.25) is 0 Å². The fourth-order valence-electron chi connectivity index (χ4n) is 3.18. The minimum atomic E-state index is 0.408. The van der Waals surface area contributed by atoms with Gasteiger partial charge in [0.25, 0.3) is 0 Å². The van der Waals surface area contributed by atoms with Gasteiger partial charge in [0.15, 0.2) is 0 Å². The second-order valence-corrected chi connectivity index (χ2v) is 5.65. The predicted molar refractivity (Wildman–Crippen MR) is 72.0 cm³/mol. The number of nitrogens with one attached hydrogen (secondary N) is 1. The Kier molecular flexibility index (Phi) is 3.82. The summed E-state index contributed by atoms with van der Waals surface area (Å²) in [5.74, 6) is 0. The van der Waals surface area contributed by atoms with Gasteiger partial charge < -0.3 is 5.32 Å². The zero-order chi connectivity index (χ0) is 12.3. The molecule has 17 heavy (non-hydrogen) atoms. The molecule has 2 rings (SSSR count). The molecule has 1 aromatic rings. The quantitative estimate of drug-likeness (QED) is 0.857. The van der Waals surface area contributed by atoms with Crippen molar-refractivity contribution in [1.29, 1.82) is 0 Å². The Bertz CT molecular complexity index is 367. The molecule has 0 bridgehead atoms. The van der Waals surface area contributed by atoms with E-state index < -0.39 is 0 Å². The first-order valence-electron chi connectivity index (χ1n) is 6.80. The van der Waals surface area contributed by atoms with Gasteiger partial charge in [0.05, 0.1) is 0 Å². The van der Waals surface area contributed by atoms with E-state index in [0.29, 0.717) is 11.5 Å². The summed E-state index contributed by atoms with van der Waals surface area (Å²) in [6.45, 7) is 7.76. The molecule has 2 heteroatoms. The molecule has 0 radical (unpaired) electrons. The highest BCUT2D eigenvalue weighted by atomic mass is 14.9. The van der Waals surface area contributed by atoms with Crippen LogP contribution in [0, 0.1) is 12.3 Å². The molecule has 1 unspecified atom stereocenters. The van der Waals surface area contributed by atoms with E-state index in [-0.39, 0.29) is 0 Å². The van der Waals surface area contributed by atoms with Crippen molar-refractivity contribution in [3.63, 3.8) is 0 Å². The highest BCUT2D eigenvalue weighted by Crippen LogP contribution is 2.47. The normalized spacial score (nSPS) is 20.4. The van der Waals surface area contributed by atoms with Crippen LogP contribution in [-0.2, 0) is 0 Å². The Hall–Kier alpha value is -0.890. The molecule has 1 aliphatic carbocycles. The Morgan fingerprint density at radius 3 is 2.65 bits per heavy atom. The lowest BCUT2D eigenvalue weighted by Crippen LogP contribution is -2.34. The molecule has 1 heterocycles. The van der Waals surface area contributed by atoms with E-state index in [1.807, 2.05) is 12.4 Å². The van der Waals surface area contributed by atoms with E-state index in [4.69, 9.17) is 0 Å². The van der Waals surface area contributed by atoms with Crippen molar-refractivity contribution in [3.8, 4) is 0 Å². The van der Waals surface area contributed by atoms with Gasteiger partial charge >= 0.3 is 0 Å². The molecule has 0 aliphatic heterocycles. The number of pyridine rings is 1. The Balaban J connectivity index is 2.28. The van der Waals surface area contributed by atoms with Gasteiger partial charge in [-0.3, -0.25) is 4.98 Å². The van der Waals surface area contributed by atoms with E-state index in [1.165, 1.54) is 36.8 Å². The van der Waals surface area contributed by atoms with Crippen molar-refractivity contribution >= 4 is 0 Å². The van der Waals surface area contributed by atoms with Gasteiger partial charge in [0.2, 0.25) is 0 Å². The maximum atomic E-state index is 4.35. The third-order valence-corrected chi connectivity index (χ3v) is 4.08. The number of aromatic nitrogens is 1. The first-order chi connectivity index (χ1) is 8.15. The van der Waals surface area contributed by atoms with Crippen molar-refractivity contribution in [1.82, 2.24) is 10.3 Å². The smallest absolute Gasteiger partial charge is 0.0389 e. The second-order valence-electron chi connectivity index (χ2n) is 5.65. The van der Waals surface area contributed by atoms with Crippen molar-refractivity contribution in [2.24, 2.45) is 5.41 Å². The molecule has 1 aromatic heterocycles. The third-order valence-electron chi connectivity index (χ3n) is 4.08. The van der Waals surface area contributed by atoms with Gasteiger partial charge in [0, 0.05) is 18.4 Å². The fourth-order valence-corrected chi connectivity index (χ4v) is 3.18. The minimum absolute atomic E-state index is 0.408. The molecule has 1 aliphatic rings. The van der Waals surface area contributed by atoms with Crippen molar-refractivity contribution < 1.29 is 0 Å². The summed E-state index contributed by atoms with van der Waals surface area (Å²) in [7, 11) is 0. The average Bonchev–Trinajstić information content (AvgIpc) is 2.74. The van der Waals surface area contributed by atoms with Gasteiger partial charge in [0.1, 0.15) is 0 Å². The number of nitrogens with zero attached hydrogens (tertiary/aromatic N) is 1. The molecule has 1 atom stereocenters. The van der Waals surface area contributed by atoms with Crippen LogP contribution in [0.3, 0.4) is 0 Å². The summed E-state index contributed by atoms with van der Waals surface area (Å²) in [6.07, 6.45) is 9.37. The number of aryl methyl sites for hydroxylation is 1. The predicted octanol–water partition coefficient (Wildman–Crippen LogP) is 3.62. The lowest BCUT2D eigenvalue weighted by Gasteiger charge is -2.35. The summed E-state index contributed by atoms with van der Waals surface area (Å²) in [5.41, 5.74) is 3.02. The highest BCUT2D eigenvalue weighted by Gasteiger charge is 2.37. The molecule has 1 N–H and O–H groups in total. The Morgan fingerprint density at radius 2 is 2.06 bits per heavy atom. The summed E-state index contributed by atoms with van der Waals surface area (Å²) in [5, 5.41) is 3.67. The van der Waals surface area contributed by atoms with Gasteiger partial charge in [-0.25, -0.2) is 0 Å². The highest BCUT2D eigenvalue weighted by molar-refractivity contribution is 5.22. The zero-order valence-corrected chi connectivity index (χ0v) is 11.3. The van der Waals surface area contributed by atoms with Crippen LogP contribution in [0.1, 0.15) is 56.7 Å². The van der Waals surface area contributed by atoms with Crippen LogP contribution in [0.5, 0.6) is 0 Å². The lowest BCUT2D eigenvalue weighted by molar-refractivity contribution is 0.225. The summed E-state index contributed by atoms with van der Waals surface area (Å²) >= 11 is 0. The van der Waals surface area contributed by atoms with Crippen LogP contribution in [-0.4, -0.2) is 11.5 Å². The van der Waals surface area contributed by atoms with Gasteiger partial charge in [-0.15, -0.1) is 0 Å². The van der Waals surface area contributed by atoms with Crippen LogP contribution < -0.4 is 5.32 Å². The van der Waals surface area contributed by atoms with Crippen molar-refractivity contribution in [2.75, 3.05) is 6.54 Å². The van der Waals surface area contributed by atoms with Gasteiger partial charge in [-0.1, -0.05) is 32.8 Å². The largest absolute Gasteiger partial charge is 0.310 e. The van der Waals surface area contributed by atoms with E-state index >= 15 is 0 Å². The van der Waals surface area contributed by atoms with Crippen LogP contribution >= 0.6 is 0 Å². The molecule has 0 amide bonds. The molecule has 0 saturated heterocycles. The number of hydrogen-bond donors (Lipinski definition) is 1. The summed E-state index contributed by atoms with van der Waals surface area (Å²) in [4.78, 5) is 4.35. The lowest BCUT2D eigenvalue weighted by atomic mass is 9.77. The summed E-state index contributed by atoms with van der Waals surface area (Å²) in [6, 6.07) is 2.74. The molecule has 1 saturated carbocycles. The maximum absolute atomic E-state index is 4.35. The van der Waals surface area contributed by atoms with Crippen LogP contribution in [0.25, 0.3) is 0 Å². The van der Waals surface area contributed by atoms with E-state index in [0.717, 1.165) is 6.54 Å². The Morgan fingerprint density at radius 1 is 1.35 bits per heavy atom. The minimum Gasteiger partial charge on any atom is -0.310 e. The molecule has 94 valence electrons. The number of rotatable bonds is 4. The fraction of sp³-hybridized carbons (Fsp3) is 0.667. The molecular weight excluding hydrogens is 208 g/mol. The standard InChI is InChI=1S/C15H24N2/c1-4-17-14(15(3)7-5-6-8-15)13-9-12(2)10-16-11-13/h9-11,14,17H,4-8H2,1-3H3. The number of hydrogen-bond acceptors (Lipinski definition) is 2. The molecular formula is C15H24N2. The van der Waals surface area contributed by atoms with Crippen molar-refractivity contribution in [3.05, 3.63) is 29.6 Å². The van der Waals surface area contributed by atoms with Crippen LogP contribution in [0.15, 0.2) is 18.5 Å². The maximum Gasteiger partial charge on any atom is 0.0389 e.